The van der Waals surface area contributed by atoms with Crippen molar-refractivity contribution in [2.24, 2.45) is 5.92 Å². The van der Waals surface area contributed by atoms with Gasteiger partial charge in [-0.25, -0.2) is 8.78 Å². The number of aliphatic hydroxyl groups is 1. The van der Waals surface area contributed by atoms with Crippen LogP contribution in [0.3, 0.4) is 0 Å². The van der Waals surface area contributed by atoms with Gasteiger partial charge in [-0.15, -0.1) is 11.8 Å². The van der Waals surface area contributed by atoms with Gasteiger partial charge in [0, 0.05) is 17.7 Å². The molecule has 0 amide bonds. The predicted molar refractivity (Wildman–Crippen MR) is 119 cm³/mol. The minimum Gasteiger partial charge on any atom is -0.512 e. The van der Waals surface area contributed by atoms with Crippen LogP contribution in [0.1, 0.15) is 55.4 Å². The summed E-state index contributed by atoms with van der Waals surface area (Å²) >= 11 is 1.43. The molecule has 0 fully saturated rings. The molecule has 1 aliphatic carbocycles. The molecule has 1 aliphatic rings. The van der Waals surface area contributed by atoms with Crippen molar-refractivity contribution in [3.8, 4) is 0 Å². The fourth-order valence-electron chi connectivity index (χ4n) is 4.19. The highest BCUT2D eigenvalue weighted by molar-refractivity contribution is 7.99. The predicted octanol–water partition coefficient (Wildman–Crippen LogP) is 6.83. The van der Waals surface area contributed by atoms with Crippen molar-refractivity contribution in [1.82, 2.24) is 0 Å². The van der Waals surface area contributed by atoms with Crippen LogP contribution in [-0.2, 0) is 17.6 Å². The second-order valence-electron chi connectivity index (χ2n) is 7.90. The molecule has 3 rings (SSSR count). The molecule has 30 heavy (non-hydrogen) atoms. The molecule has 0 saturated carbocycles. The van der Waals surface area contributed by atoms with Crippen molar-refractivity contribution < 1.29 is 18.7 Å². The number of hydrogen-bond donors (Lipinski definition) is 1. The van der Waals surface area contributed by atoms with Gasteiger partial charge in [0.1, 0.15) is 5.76 Å². The summed E-state index contributed by atoms with van der Waals surface area (Å²) in [5.74, 6) is -0.795. The summed E-state index contributed by atoms with van der Waals surface area (Å²) in [5, 5.41) is 10.8. The first-order valence-electron chi connectivity index (χ1n) is 10.5. The van der Waals surface area contributed by atoms with Gasteiger partial charge < -0.3 is 5.11 Å². The van der Waals surface area contributed by atoms with Gasteiger partial charge in [0.05, 0.1) is 5.57 Å². The van der Waals surface area contributed by atoms with Gasteiger partial charge >= 0.3 is 0 Å². The van der Waals surface area contributed by atoms with E-state index in [2.05, 4.69) is 32.9 Å². The summed E-state index contributed by atoms with van der Waals surface area (Å²) in [6.07, 6.45) is 3.21. The van der Waals surface area contributed by atoms with Crippen LogP contribution >= 0.6 is 11.8 Å². The minimum absolute atomic E-state index is 0.00479. The van der Waals surface area contributed by atoms with E-state index in [4.69, 9.17) is 0 Å². The number of thioether (sulfide) groups is 1. The Kier molecular flexibility index (Phi) is 7.35. The molecule has 2 aromatic carbocycles. The molecular formula is C25H28F2O2S. The first kappa shape index (κ1) is 22.5. The van der Waals surface area contributed by atoms with Gasteiger partial charge in [-0.1, -0.05) is 31.5 Å². The number of aliphatic hydroxyl groups excluding tert-OH is 1. The summed E-state index contributed by atoms with van der Waals surface area (Å²) in [5.41, 5.74) is 4.79. The molecule has 5 heteroatoms. The molecule has 0 radical (unpaired) electrons. The van der Waals surface area contributed by atoms with Crippen LogP contribution in [0.2, 0.25) is 0 Å². The summed E-state index contributed by atoms with van der Waals surface area (Å²) in [6.45, 7) is 6.20. The molecular weight excluding hydrogens is 402 g/mol. The largest absolute Gasteiger partial charge is 0.512 e. The molecule has 0 saturated heterocycles. The molecule has 0 bridgehead atoms. The smallest absolute Gasteiger partial charge is 0.167 e. The average molecular weight is 431 g/mol. The third-order valence-electron chi connectivity index (χ3n) is 5.67. The fraction of sp³-hybridized carbons (Fsp3) is 0.400. The number of Topliss-reactive ketones (excluding diaryl/α,β-unsaturated/α-hetero) is 1. The third-order valence-corrected chi connectivity index (χ3v) is 6.69. The standard InChI is InChI=1S/C25H28F2O2S/c1-4-17-10-15(3)11-18(5-2)24(17)25-22(28)12-16(13-23(25)29)8-9-30-19-6-7-20(26)21(27)14-19/h6-7,10-11,14,16,28H,4-5,8-9,12-13H2,1-3H3. The Hall–Kier alpha value is -2.14. The third kappa shape index (κ3) is 4.94. The van der Waals surface area contributed by atoms with Crippen LogP contribution in [0.5, 0.6) is 0 Å². The lowest BCUT2D eigenvalue weighted by atomic mass is 9.79. The first-order chi connectivity index (χ1) is 14.3. The highest BCUT2D eigenvalue weighted by Gasteiger charge is 2.30. The van der Waals surface area contributed by atoms with E-state index in [0.29, 0.717) is 29.1 Å². The zero-order valence-electron chi connectivity index (χ0n) is 17.7. The highest BCUT2D eigenvalue weighted by Crippen LogP contribution is 2.38. The molecule has 1 atom stereocenters. The van der Waals surface area contributed by atoms with Crippen molar-refractivity contribution in [3.63, 3.8) is 0 Å². The Bertz CT molecular complexity index is 956. The van der Waals surface area contributed by atoms with Gasteiger partial charge in [0.25, 0.3) is 0 Å². The Morgan fingerprint density at radius 2 is 1.70 bits per heavy atom. The van der Waals surface area contributed by atoms with E-state index in [9.17, 15) is 18.7 Å². The molecule has 1 unspecified atom stereocenters. The molecule has 0 heterocycles. The topological polar surface area (TPSA) is 37.3 Å². The lowest BCUT2D eigenvalue weighted by molar-refractivity contribution is -0.115. The second-order valence-corrected chi connectivity index (χ2v) is 9.07. The quantitative estimate of drug-likeness (QED) is 0.489. The summed E-state index contributed by atoms with van der Waals surface area (Å²) < 4.78 is 26.4. The molecule has 0 spiro atoms. The van der Waals surface area contributed by atoms with Crippen molar-refractivity contribution in [2.75, 3.05) is 5.75 Å². The zero-order chi connectivity index (χ0) is 21.8. The van der Waals surface area contributed by atoms with E-state index in [1.54, 1.807) is 6.07 Å². The maximum Gasteiger partial charge on any atom is 0.167 e. The van der Waals surface area contributed by atoms with Gasteiger partial charge in [0.2, 0.25) is 0 Å². The number of benzene rings is 2. The Labute approximate surface area is 181 Å². The molecule has 160 valence electrons. The van der Waals surface area contributed by atoms with E-state index >= 15 is 0 Å². The van der Waals surface area contributed by atoms with Gasteiger partial charge in [0.15, 0.2) is 17.4 Å². The van der Waals surface area contributed by atoms with Crippen LogP contribution in [-0.4, -0.2) is 16.6 Å². The van der Waals surface area contributed by atoms with Gasteiger partial charge in [-0.3, -0.25) is 4.79 Å². The van der Waals surface area contributed by atoms with Crippen LogP contribution in [0.15, 0.2) is 41.0 Å². The number of carbonyl (C=O) groups excluding carboxylic acids is 1. The maximum absolute atomic E-state index is 13.3. The molecule has 2 aromatic rings. The molecule has 1 N–H and O–H groups in total. The van der Waals surface area contributed by atoms with Crippen LogP contribution in [0.25, 0.3) is 5.57 Å². The Balaban J connectivity index is 1.74. The summed E-state index contributed by atoms with van der Waals surface area (Å²) in [7, 11) is 0. The van der Waals surface area contributed by atoms with E-state index in [1.807, 2.05) is 0 Å². The number of carbonyl (C=O) groups is 1. The normalized spacial score (nSPS) is 17.0. The Morgan fingerprint density at radius 3 is 2.27 bits per heavy atom. The number of aryl methyl sites for hydroxylation is 3. The number of halogens is 2. The van der Waals surface area contributed by atoms with E-state index in [-0.39, 0.29) is 17.5 Å². The fourth-order valence-corrected chi connectivity index (χ4v) is 5.23. The maximum atomic E-state index is 13.3. The monoisotopic (exact) mass is 430 g/mol. The van der Waals surface area contributed by atoms with Crippen LogP contribution < -0.4 is 0 Å². The lowest BCUT2D eigenvalue weighted by Crippen LogP contribution is -2.21. The van der Waals surface area contributed by atoms with E-state index < -0.39 is 11.6 Å². The Morgan fingerprint density at radius 1 is 1.03 bits per heavy atom. The molecule has 0 aromatic heterocycles. The van der Waals surface area contributed by atoms with Crippen molar-refractivity contribution in [3.05, 3.63) is 70.0 Å². The van der Waals surface area contributed by atoms with Gasteiger partial charge in [-0.05, 0) is 72.7 Å². The van der Waals surface area contributed by atoms with E-state index in [1.165, 1.54) is 23.4 Å². The SMILES string of the molecule is CCc1cc(C)cc(CC)c1C1=C(O)CC(CCSc2ccc(F)c(F)c2)CC1=O. The van der Waals surface area contributed by atoms with Crippen molar-refractivity contribution >= 4 is 23.1 Å². The van der Waals surface area contributed by atoms with Crippen molar-refractivity contribution in [2.45, 2.75) is 57.8 Å². The number of rotatable bonds is 7. The zero-order valence-corrected chi connectivity index (χ0v) is 18.5. The number of hydrogen-bond acceptors (Lipinski definition) is 3. The van der Waals surface area contributed by atoms with Crippen LogP contribution in [0.4, 0.5) is 8.78 Å². The average Bonchev–Trinajstić information content (AvgIpc) is 2.70. The minimum atomic E-state index is -0.853. The van der Waals surface area contributed by atoms with E-state index in [0.717, 1.165) is 42.0 Å². The summed E-state index contributed by atoms with van der Waals surface area (Å²) in [4.78, 5) is 13.7. The number of ketones is 1. The second kappa shape index (κ2) is 9.78. The van der Waals surface area contributed by atoms with Crippen LogP contribution in [0, 0.1) is 24.5 Å². The highest BCUT2D eigenvalue weighted by atomic mass is 32.2. The number of allylic oxidation sites excluding steroid dienone is 2. The molecule has 0 aliphatic heterocycles. The van der Waals surface area contributed by atoms with Crippen molar-refractivity contribution in [1.29, 1.82) is 0 Å². The first-order valence-corrected chi connectivity index (χ1v) is 11.5. The molecule has 2 nitrogen and oxygen atoms in total. The van der Waals surface area contributed by atoms with Gasteiger partial charge in [-0.2, -0.15) is 0 Å². The summed E-state index contributed by atoms with van der Waals surface area (Å²) in [6, 6.07) is 8.08. The lowest BCUT2D eigenvalue weighted by Gasteiger charge is -2.26.